The molecule has 0 unspecified atom stereocenters. The largest absolute Gasteiger partial charge is 0.378 e. The Morgan fingerprint density at radius 2 is 1.82 bits per heavy atom. The summed E-state index contributed by atoms with van der Waals surface area (Å²) in [6, 6.07) is 11.7. The number of aromatic nitrogens is 2. The first-order valence-electron chi connectivity index (χ1n) is 5.34. The topological polar surface area (TPSA) is 61.6 Å². The average Bonchev–Trinajstić information content (AvgIpc) is 2.40. The predicted molar refractivity (Wildman–Crippen MR) is 65.1 cm³/mol. The van der Waals surface area contributed by atoms with E-state index >= 15 is 0 Å². The molecule has 17 heavy (non-hydrogen) atoms. The van der Waals surface area contributed by atoms with E-state index in [9.17, 15) is 0 Å². The second-order valence-corrected chi connectivity index (χ2v) is 3.55. The smallest absolute Gasteiger partial charge is 0.147 e. The van der Waals surface area contributed by atoms with Gasteiger partial charge in [0, 0.05) is 18.1 Å². The molecule has 2 rings (SSSR count). The second kappa shape index (κ2) is 5.61. The number of rotatable bonds is 4. The lowest BCUT2D eigenvalue weighted by Crippen LogP contribution is -2.03. The van der Waals surface area contributed by atoms with Gasteiger partial charge in [0.2, 0.25) is 0 Å². The molecule has 1 aromatic heterocycles. The van der Waals surface area contributed by atoms with E-state index in [0.29, 0.717) is 13.0 Å². The standard InChI is InChI=1S/C13H12N4/c14-7-6-11-2-4-12(5-3-11)17-10-13-15-8-1-9-16-13/h1-5,8-9,17H,6,10H2. The quantitative estimate of drug-likeness (QED) is 0.864. The molecule has 0 saturated carbocycles. The van der Waals surface area contributed by atoms with Gasteiger partial charge < -0.3 is 5.32 Å². The van der Waals surface area contributed by atoms with Crippen LogP contribution in [-0.4, -0.2) is 9.97 Å². The Morgan fingerprint density at radius 3 is 2.47 bits per heavy atom. The first kappa shape index (κ1) is 11.1. The average molecular weight is 224 g/mol. The van der Waals surface area contributed by atoms with E-state index in [0.717, 1.165) is 17.1 Å². The molecule has 0 atom stereocenters. The summed E-state index contributed by atoms with van der Waals surface area (Å²) in [5, 5.41) is 11.8. The summed E-state index contributed by atoms with van der Waals surface area (Å²) in [5.74, 6) is 0.758. The molecule has 2 aromatic rings. The lowest BCUT2D eigenvalue weighted by atomic mass is 10.1. The van der Waals surface area contributed by atoms with Crippen molar-refractivity contribution < 1.29 is 0 Å². The first-order chi connectivity index (χ1) is 8.38. The molecule has 1 heterocycles. The van der Waals surface area contributed by atoms with Crippen LogP contribution in [0.25, 0.3) is 0 Å². The number of hydrogen-bond donors (Lipinski definition) is 1. The molecule has 0 aliphatic carbocycles. The molecule has 0 fully saturated rings. The van der Waals surface area contributed by atoms with E-state index in [-0.39, 0.29) is 0 Å². The zero-order valence-electron chi connectivity index (χ0n) is 9.30. The SMILES string of the molecule is N#CCc1ccc(NCc2ncccn2)cc1. The van der Waals surface area contributed by atoms with Crippen LogP contribution in [-0.2, 0) is 13.0 Å². The third-order valence-corrected chi connectivity index (χ3v) is 2.31. The van der Waals surface area contributed by atoms with Crippen LogP contribution in [0.3, 0.4) is 0 Å². The van der Waals surface area contributed by atoms with Gasteiger partial charge in [-0.15, -0.1) is 0 Å². The summed E-state index contributed by atoms with van der Waals surface area (Å²) in [6.07, 6.45) is 3.89. The number of hydrogen-bond acceptors (Lipinski definition) is 4. The number of nitrogens with one attached hydrogen (secondary N) is 1. The number of benzene rings is 1. The van der Waals surface area contributed by atoms with Crippen molar-refractivity contribution in [1.82, 2.24) is 9.97 Å². The second-order valence-electron chi connectivity index (χ2n) is 3.55. The Hall–Kier alpha value is -2.41. The highest BCUT2D eigenvalue weighted by molar-refractivity contribution is 5.44. The van der Waals surface area contributed by atoms with Crippen LogP contribution in [0.15, 0.2) is 42.7 Å². The van der Waals surface area contributed by atoms with Gasteiger partial charge in [-0.25, -0.2) is 9.97 Å². The third kappa shape index (κ3) is 3.28. The predicted octanol–water partition coefficient (Wildman–Crippen LogP) is 2.15. The molecule has 1 N–H and O–H groups in total. The van der Waals surface area contributed by atoms with Crippen molar-refractivity contribution in [3.8, 4) is 6.07 Å². The van der Waals surface area contributed by atoms with Gasteiger partial charge in [-0.05, 0) is 23.8 Å². The number of nitriles is 1. The van der Waals surface area contributed by atoms with Crippen molar-refractivity contribution in [3.05, 3.63) is 54.1 Å². The van der Waals surface area contributed by atoms with Crippen molar-refractivity contribution in [2.75, 3.05) is 5.32 Å². The first-order valence-corrected chi connectivity index (χ1v) is 5.34. The maximum absolute atomic E-state index is 8.56. The maximum Gasteiger partial charge on any atom is 0.147 e. The zero-order chi connectivity index (χ0) is 11.9. The van der Waals surface area contributed by atoms with Crippen molar-refractivity contribution >= 4 is 5.69 Å². The monoisotopic (exact) mass is 224 g/mol. The molecule has 4 nitrogen and oxygen atoms in total. The molecule has 0 bridgehead atoms. The molecular weight excluding hydrogens is 212 g/mol. The van der Waals surface area contributed by atoms with E-state index < -0.39 is 0 Å². The minimum atomic E-state index is 0.447. The maximum atomic E-state index is 8.56. The van der Waals surface area contributed by atoms with Gasteiger partial charge in [0.15, 0.2) is 0 Å². The molecule has 1 aromatic carbocycles. The van der Waals surface area contributed by atoms with Crippen LogP contribution in [0.5, 0.6) is 0 Å². The van der Waals surface area contributed by atoms with E-state index in [1.165, 1.54) is 0 Å². The normalized spacial score (nSPS) is 9.59. The third-order valence-electron chi connectivity index (χ3n) is 2.31. The molecule has 0 spiro atoms. The fourth-order valence-corrected chi connectivity index (χ4v) is 1.43. The summed E-state index contributed by atoms with van der Waals surface area (Å²) < 4.78 is 0. The van der Waals surface area contributed by atoms with Gasteiger partial charge in [0.25, 0.3) is 0 Å². The van der Waals surface area contributed by atoms with E-state index in [4.69, 9.17) is 5.26 Å². The van der Waals surface area contributed by atoms with E-state index in [1.54, 1.807) is 18.5 Å². The van der Waals surface area contributed by atoms with Crippen molar-refractivity contribution in [2.24, 2.45) is 0 Å². The molecule has 0 aliphatic rings. The Kier molecular flexibility index (Phi) is 3.66. The van der Waals surface area contributed by atoms with Gasteiger partial charge in [0.1, 0.15) is 5.82 Å². The van der Waals surface area contributed by atoms with Crippen LogP contribution in [0.4, 0.5) is 5.69 Å². The highest BCUT2D eigenvalue weighted by Crippen LogP contribution is 2.10. The summed E-state index contributed by atoms with van der Waals surface area (Å²) in [5.41, 5.74) is 2.02. The van der Waals surface area contributed by atoms with Crippen LogP contribution in [0.2, 0.25) is 0 Å². The Labute approximate surface area is 100.0 Å². The van der Waals surface area contributed by atoms with E-state index in [2.05, 4.69) is 21.4 Å². The molecule has 4 heteroatoms. The molecule has 84 valence electrons. The van der Waals surface area contributed by atoms with Gasteiger partial charge in [-0.2, -0.15) is 5.26 Å². The summed E-state index contributed by atoms with van der Waals surface area (Å²) in [4.78, 5) is 8.25. The summed E-state index contributed by atoms with van der Waals surface area (Å²) in [7, 11) is 0. The van der Waals surface area contributed by atoms with Crippen LogP contribution in [0, 0.1) is 11.3 Å². The fraction of sp³-hybridized carbons (Fsp3) is 0.154. The summed E-state index contributed by atoms with van der Waals surface area (Å²) >= 11 is 0. The van der Waals surface area contributed by atoms with Gasteiger partial charge >= 0.3 is 0 Å². The van der Waals surface area contributed by atoms with Gasteiger partial charge in [-0.3, -0.25) is 0 Å². The minimum absolute atomic E-state index is 0.447. The van der Waals surface area contributed by atoms with Gasteiger partial charge in [0.05, 0.1) is 19.0 Å². The van der Waals surface area contributed by atoms with Crippen LogP contribution >= 0.6 is 0 Å². The van der Waals surface area contributed by atoms with E-state index in [1.807, 2.05) is 24.3 Å². The lowest BCUT2D eigenvalue weighted by molar-refractivity contribution is 0.948. The van der Waals surface area contributed by atoms with Crippen LogP contribution in [0.1, 0.15) is 11.4 Å². The highest BCUT2D eigenvalue weighted by Gasteiger charge is 1.96. The molecule has 0 radical (unpaired) electrons. The number of nitrogens with zero attached hydrogens (tertiary/aromatic N) is 3. The Morgan fingerprint density at radius 1 is 1.12 bits per heavy atom. The Bertz CT molecular complexity index is 499. The lowest BCUT2D eigenvalue weighted by Gasteiger charge is -2.05. The number of anilines is 1. The molecule has 0 saturated heterocycles. The Balaban J connectivity index is 1.94. The minimum Gasteiger partial charge on any atom is -0.378 e. The van der Waals surface area contributed by atoms with Crippen molar-refractivity contribution in [2.45, 2.75) is 13.0 Å². The van der Waals surface area contributed by atoms with Crippen molar-refractivity contribution in [3.63, 3.8) is 0 Å². The van der Waals surface area contributed by atoms with Gasteiger partial charge in [-0.1, -0.05) is 12.1 Å². The molecule has 0 aliphatic heterocycles. The summed E-state index contributed by atoms with van der Waals surface area (Å²) in [6.45, 7) is 0.596. The zero-order valence-corrected chi connectivity index (χ0v) is 9.30. The van der Waals surface area contributed by atoms with Crippen molar-refractivity contribution in [1.29, 1.82) is 5.26 Å². The molecule has 0 amide bonds. The van der Waals surface area contributed by atoms with Crippen LogP contribution < -0.4 is 5.32 Å². The fourth-order valence-electron chi connectivity index (χ4n) is 1.43. The molecular formula is C13H12N4. The highest BCUT2D eigenvalue weighted by atomic mass is 15.0.